The van der Waals surface area contributed by atoms with Crippen molar-refractivity contribution in [1.29, 1.82) is 0 Å². The van der Waals surface area contributed by atoms with Crippen LogP contribution in [0.4, 0.5) is 0 Å². The van der Waals surface area contributed by atoms with E-state index in [1.165, 1.54) is 4.88 Å². The SMILES string of the molecule is O=C(NCc1cc(-c2ccc3c(c2)OCO3)on1)C1CC(c2cccs2)NN1. The van der Waals surface area contributed by atoms with E-state index in [1.807, 2.05) is 35.7 Å². The summed E-state index contributed by atoms with van der Waals surface area (Å²) in [5.41, 5.74) is 7.74. The Hall–Kier alpha value is -2.88. The van der Waals surface area contributed by atoms with Crippen LogP contribution in [0.25, 0.3) is 11.3 Å². The molecule has 1 aromatic carbocycles. The summed E-state index contributed by atoms with van der Waals surface area (Å²) in [4.78, 5) is 13.7. The minimum absolute atomic E-state index is 0.0702. The van der Waals surface area contributed by atoms with Gasteiger partial charge in [-0.2, -0.15) is 0 Å². The van der Waals surface area contributed by atoms with E-state index >= 15 is 0 Å². The molecule has 3 aromatic rings. The first kappa shape index (κ1) is 17.2. The Labute approximate surface area is 164 Å². The van der Waals surface area contributed by atoms with Crippen LogP contribution in [0, 0.1) is 0 Å². The van der Waals surface area contributed by atoms with Crippen molar-refractivity contribution in [3.63, 3.8) is 0 Å². The summed E-state index contributed by atoms with van der Waals surface area (Å²) < 4.78 is 16.1. The molecule has 144 valence electrons. The van der Waals surface area contributed by atoms with Crippen molar-refractivity contribution < 1.29 is 18.8 Å². The highest BCUT2D eigenvalue weighted by atomic mass is 32.1. The molecule has 1 amide bonds. The number of rotatable bonds is 5. The number of amides is 1. The number of aromatic nitrogens is 1. The lowest BCUT2D eigenvalue weighted by molar-refractivity contribution is -0.123. The number of carbonyl (C=O) groups is 1. The number of hydrazine groups is 1. The number of fused-ring (bicyclic) bond motifs is 1. The van der Waals surface area contributed by atoms with Crippen molar-refractivity contribution in [2.45, 2.75) is 25.0 Å². The monoisotopic (exact) mass is 398 g/mol. The fraction of sp³-hybridized carbons (Fsp3) is 0.263. The molecule has 5 rings (SSSR count). The molecule has 1 saturated heterocycles. The Morgan fingerprint density at radius 3 is 3.04 bits per heavy atom. The van der Waals surface area contributed by atoms with Gasteiger partial charge in [-0.15, -0.1) is 11.3 Å². The number of hydrogen-bond donors (Lipinski definition) is 3. The Balaban J connectivity index is 1.18. The van der Waals surface area contributed by atoms with Gasteiger partial charge >= 0.3 is 0 Å². The van der Waals surface area contributed by atoms with E-state index in [0.29, 0.717) is 35.9 Å². The molecule has 2 aliphatic rings. The summed E-state index contributed by atoms with van der Waals surface area (Å²) in [6.45, 7) is 0.526. The molecule has 2 atom stereocenters. The number of carbonyl (C=O) groups excluding carboxylic acids is 1. The quantitative estimate of drug-likeness (QED) is 0.607. The lowest BCUT2D eigenvalue weighted by Gasteiger charge is -2.09. The van der Waals surface area contributed by atoms with E-state index < -0.39 is 0 Å². The van der Waals surface area contributed by atoms with E-state index in [2.05, 4.69) is 27.4 Å². The average molecular weight is 398 g/mol. The first-order chi connectivity index (χ1) is 13.8. The zero-order valence-electron chi connectivity index (χ0n) is 14.8. The second-order valence-electron chi connectivity index (χ2n) is 6.61. The maximum Gasteiger partial charge on any atom is 0.238 e. The van der Waals surface area contributed by atoms with Gasteiger partial charge < -0.3 is 19.3 Å². The predicted octanol–water partition coefficient (Wildman–Crippen LogP) is 2.36. The van der Waals surface area contributed by atoms with Crippen molar-refractivity contribution in [1.82, 2.24) is 21.3 Å². The number of hydrogen-bond acceptors (Lipinski definition) is 8. The molecule has 2 unspecified atom stereocenters. The highest BCUT2D eigenvalue weighted by Crippen LogP contribution is 2.36. The third-order valence-corrected chi connectivity index (χ3v) is 5.75. The predicted molar refractivity (Wildman–Crippen MR) is 102 cm³/mol. The van der Waals surface area contributed by atoms with Crippen LogP contribution in [-0.2, 0) is 11.3 Å². The van der Waals surface area contributed by atoms with E-state index in [4.69, 9.17) is 14.0 Å². The van der Waals surface area contributed by atoms with Crippen molar-refractivity contribution in [3.05, 3.63) is 52.3 Å². The number of ether oxygens (including phenoxy) is 2. The van der Waals surface area contributed by atoms with Crippen molar-refractivity contribution >= 4 is 17.2 Å². The van der Waals surface area contributed by atoms with Gasteiger partial charge in [0.05, 0.1) is 12.6 Å². The summed E-state index contributed by atoms with van der Waals surface area (Å²) >= 11 is 1.68. The first-order valence-electron chi connectivity index (χ1n) is 8.94. The van der Waals surface area contributed by atoms with Crippen molar-refractivity contribution in [2.75, 3.05) is 6.79 Å². The molecular weight excluding hydrogens is 380 g/mol. The van der Waals surface area contributed by atoms with E-state index in [0.717, 1.165) is 5.56 Å². The van der Waals surface area contributed by atoms with Crippen LogP contribution in [0.2, 0.25) is 0 Å². The second kappa shape index (κ2) is 7.27. The Kier molecular flexibility index (Phi) is 4.47. The van der Waals surface area contributed by atoms with Gasteiger partial charge in [-0.1, -0.05) is 11.2 Å². The van der Waals surface area contributed by atoms with E-state index in [9.17, 15) is 4.79 Å². The summed E-state index contributed by atoms with van der Waals surface area (Å²) in [5.74, 6) is 1.94. The number of nitrogens with one attached hydrogen (secondary N) is 3. The second-order valence-corrected chi connectivity index (χ2v) is 7.59. The number of thiophene rings is 1. The van der Waals surface area contributed by atoms with Gasteiger partial charge in [-0.3, -0.25) is 4.79 Å². The highest BCUT2D eigenvalue weighted by Gasteiger charge is 2.30. The van der Waals surface area contributed by atoms with Crippen LogP contribution in [0.5, 0.6) is 11.5 Å². The fourth-order valence-corrected chi connectivity index (χ4v) is 4.08. The molecular formula is C19H18N4O4S. The zero-order chi connectivity index (χ0) is 18.9. The molecule has 0 spiro atoms. The highest BCUT2D eigenvalue weighted by molar-refractivity contribution is 7.10. The maximum atomic E-state index is 12.4. The normalized spacial score (nSPS) is 20.4. The van der Waals surface area contributed by atoms with Gasteiger partial charge in [0, 0.05) is 16.5 Å². The van der Waals surface area contributed by atoms with E-state index in [1.54, 1.807) is 11.3 Å². The third-order valence-electron chi connectivity index (χ3n) is 4.77. The number of nitrogens with zero attached hydrogens (tertiary/aromatic N) is 1. The van der Waals surface area contributed by atoms with Gasteiger partial charge in [0.1, 0.15) is 11.7 Å². The standard InChI is InChI=1S/C19H18N4O4S/c24-19(14-8-13(21-22-14)18-2-1-5-28-18)20-9-12-7-16(27-23-12)11-3-4-15-17(6-11)26-10-25-15/h1-7,13-14,21-22H,8-10H2,(H,20,24). The third kappa shape index (κ3) is 3.35. The van der Waals surface area contributed by atoms with Gasteiger partial charge in [0.2, 0.25) is 12.7 Å². The molecule has 0 radical (unpaired) electrons. The maximum absolute atomic E-state index is 12.4. The molecule has 0 saturated carbocycles. The smallest absolute Gasteiger partial charge is 0.238 e. The Bertz CT molecular complexity index is 988. The van der Waals surface area contributed by atoms with Crippen LogP contribution >= 0.6 is 11.3 Å². The Morgan fingerprint density at radius 2 is 2.14 bits per heavy atom. The molecule has 28 heavy (non-hydrogen) atoms. The summed E-state index contributed by atoms with van der Waals surface area (Å²) in [6.07, 6.45) is 0.702. The van der Waals surface area contributed by atoms with Crippen molar-refractivity contribution in [2.24, 2.45) is 0 Å². The molecule has 2 aromatic heterocycles. The van der Waals surface area contributed by atoms with Crippen LogP contribution in [0.1, 0.15) is 23.0 Å². The lowest BCUT2D eigenvalue weighted by atomic mass is 10.1. The molecule has 4 heterocycles. The lowest BCUT2D eigenvalue weighted by Crippen LogP contribution is -2.42. The molecule has 2 aliphatic heterocycles. The Morgan fingerprint density at radius 1 is 1.21 bits per heavy atom. The zero-order valence-corrected chi connectivity index (χ0v) is 15.6. The minimum atomic E-state index is -0.285. The van der Waals surface area contributed by atoms with Gasteiger partial charge in [0.25, 0.3) is 0 Å². The first-order valence-corrected chi connectivity index (χ1v) is 9.82. The van der Waals surface area contributed by atoms with Crippen LogP contribution < -0.4 is 25.6 Å². The molecule has 1 fully saturated rings. The average Bonchev–Trinajstić information content (AvgIpc) is 3.51. The topological polar surface area (TPSA) is 97.7 Å². The largest absolute Gasteiger partial charge is 0.454 e. The molecule has 9 heteroatoms. The number of benzene rings is 1. The van der Waals surface area contributed by atoms with Crippen LogP contribution in [0.3, 0.4) is 0 Å². The van der Waals surface area contributed by atoms with Gasteiger partial charge in [-0.05, 0) is 36.1 Å². The van der Waals surface area contributed by atoms with Gasteiger partial charge in [0.15, 0.2) is 17.3 Å². The van der Waals surface area contributed by atoms with Gasteiger partial charge in [-0.25, -0.2) is 10.9 Å². The molecule has 3 N–H and O–H groups in total. The van der Waals surface area contributed by atoms with Crippen LogP contribution in [0.15, 0.2) is 46.3 Å². The molecule has 8 nitrogen and oxygen atoms in total. The van der Waals surface area contributed by atoms with E-state index in [-0.39, 0.29) is 24.8 Å². The summed E-state index contributed by atoms with van der Waals surface area (Å²) in [5, 5.41) is 8.99. The minimum Gasteiger partial charge on any atom is -0.454 e. The molecule has 0 aliphatic carbocycles. The van der Waals surface area contributed by atoms with Crippen LogP contribution in [-0.4, -0.2) is 23.9 Å². The summed E-state index contributed by atoms with van der Waals surface area (Å²) in [6, 6.07) is 11.3. The van der Waals surface area contributed by atoms with Crippen molar-refractivity contribution in [3.8, 4) is 22.8 Å². The summed E-state index contributed by atoms with van der Waals surface area (Å²) in [7, 11) is 0. The fourth-order valence-electron chi connectivity index (χ4n) is 3.29. The molecule has 0 bridgehead atoms.